The van der Waals surface area contributed by atoms with Crippen LogP contribution in [0.3, 0.4) is 0 Å². The number of aromatic nitrogens is 2. The maximum absolute atomic E-state index is 11.3. The Morgan fingerprint density at radius 1 is 0.966 bits per heavy atom. The minimum Gasteiger partial charge on any atom is -0.507 e. The lowest BCUT2D eigenvalue weighted by molar-refractivity contribution is -0.384. The summed E-state index contributed by atoms with van der Waals surface area (Å²) in [4.78, 5) is 10.9. The van der Waals surface area contributed by atoms with Crippen molar-refractivity contribution in [1.29, 1.82) is 0 Å². The minimum atomic E-state index is -0.414. The largest absolute Gasteiger partial charge is 0.507 e. The molecular formula is C23H19N3O3. The number of nitro groups is 1. The van der Waals surface area contributed by atoms with Crippen LogP contribution in [0.25, 0.3) is 28.1 Å². The number of phenols is 1. The summed E-state index contributed by atoms with van der Waals surface area (Å²) in [5.74, 6) is 0.130. The Morgan fingerprint density at radius 3 is 2.38 bits per heavy atom. The lowest BCUT2D eigenvalue weighted by Gasteiger charge is -2.12. The van der Waals surface area contributed by atoms with Crippen molar-refractivity contribution in [2.75, 3.05) is 0 Å². The third-order valence-electron chi connectivity index (χ3n) is 4.84. The molecule has 29 heavy (non-hydrogen) atoms. The van der Waals surface area contributed by atoms with Crippen LogP contribution >= 0.6 is 0 Å². The van der Waals surface area contributed by atoms with Gasteiger partial charge in [-0.05, 0) is 32.0 Å². The molecule has 0 amide bonds. The Bertz CT molecular complexity index is 1210. The summed E-state index contributed by atoms with van der Waals surface area (Å²) in [5.41, 5.74) is 5.38. The van der Waals surface area contributed by atoms with Crippen LogP contribution in [0.2, 0.25) is 0 Å². The van der Waals surface area contributed by atoms with Crippen LogP contribution in [0.4, 0.5) is 5.69 Å². The van der Waals surface area contributed by atoms with Crippen molar-refractivity contribution in [2.45, 2.75) is 13.8 Å². The van der Waals surface area contributed by atoms with E-state index in [1.807, 2.05) is 56.3 Å². The number of aromatic hydroxyl groups is 1. The Hall–Kier alpha value is -3.93. The smallest absolute Gasteiger partial charge is 0.270 e. The Morgan fingerprint density at radius 2 is 1.69 bits per heavy atom. The van der Waals surface area contributed by atoms with Gasteiger partial charge in [0, 0.05) is 28.8 Å². The lowest BCUT2D eigenvalue weighted by Crippen LogP contribution is -2.00. The van der Waals surface area contributed by atoms with Gasteiger partial charge in [-0.25, -0.2) is 4.68 Å². The molecule has 4 aromatic rings. The number of aryl methyl sites for hydroxylation is 2. The second kappa shape index (κ2) is 7.24. The van der Waals surface area contributed by atoms with E-state index in [0.29, 0.717) is 22.5 Å². The van der Waals surface area contributed by atoms with Gasteiger partial charge in [0.25, 0.3) is 5.69 Å². The highest BCUT2D eigenvalue weighted by atomic mass is 16.6. The second-order valence-electron chi connectivity index (χ2n) is 6.88. The average Bonchev–Trinajstić information content (AvgIpc) is 3.06. The van der Waals surface area contributed by atoms with Gasteiger partial charge >= 0.3 is 0 Å². The van der Waals surface area contributed by atoms with E-state index in [4.69, 9.17) is 5.10 Å². The van der Waals surface area contributed by atoms with Gasteiger partial charge in [-0.1, -0.05) is 48.0 Å². The van der Waals surface area contributed by atoms with E-state index in [1.165, 1.54) is 12.1 Å². The van der Waals surface area contributed by atoms with Crippen molar-refractivity contribution < 1.29 is 10.0 Å². The number of benzene rings is 3. The Balaban J connectivity index is 2.05. The van der Waals surface area contributed by atoms with Crippen molar-refractivity contribution >= 4 is 5.69 Å². The van der Waals surface area contributed by atoms with Crippen LogP contribution < -0.4 is 0 Å². The van der Waals surface area contributed by atoms with Crippen LogP contribution in [0.15, 0.2) is 72.8 Å². The van der Waals surface area contributed by atoms with E-state index >= 15 is 0 Å². The highest BCUT2D eigenvalue weighted by Gasteiger charge is 2.22. The first-order valence-electron chi connectivity index (χ1n) is 9.15. The number of para-hydroxylation sites is 1. The molecule has 0 spiro atoms. The molecule has 3 aromatic carbocycles. The predicted octanol–water partition coefficient (Wildman–Crippen LogP) is 5.44. The fraction of sp³-hybridized carbons (Fsp3) is 0.0870. The molecule has 144 valence electrons. The monoisotopic (exact) mass is 385 g/mol. The summed E-state index contributed by atoms with van der Waals surface area (Å²) in [6, 6.07) is 21.4. The molecule has 0 saturated carbocycles. The molecule has 0 bridgehead atoms. The summed E-state index contributed by atoms with van der Waals surface area (Å²) in [7, 11) is 0. The minimum absolute atomic E-state index is 0.0000396. The molecule has 1 heterocycles. The maximum Gasteiger partial charge on any atom is 0.270 e. The zero-order valence-corrected chi connectivity index (χ0v) is 16.0. The van der Waals surface area contributed by atoms with E-state index in [1.54, 1.807) is 22.9 Å². The zero-order chi connectivity index (χ0) is 20.5. The van der Waals surface area contributed by atoms with E-state index in [2.05, 4.69) is 0 Å². The molecule has 0 unspecified atom stereocenters. The highest BCUT2D eigenvalue weighted by molar-refractivity contribution is 5.87. The SMILES string of the molecule is Cc1ccc(-n2nc(C)c(-c3ccccc3O)c2-c2cccc([N+](=O)[O-])c2)cc1. The molecular weight excluding hydrogens is 366 g/mol. The van der Waals surface area contributed by atoms with Gasteiger partial charge in [-0.3, -0.25) is 10.1 Å². The van der Waals surface area contributed by atoms with Crippen molar-refractivity contribution in [1.82, 2.24) is 9.78 Å². The number of rotatable bonds is 4. The number of hydrogen-bond donors (Lipinski definition) is 1. The molecule has 6 heteroatoms. The van der Waals surface area contributed by atoms with Gasteiger partial charge in [0.05, 0.1) is 22.0 Å². The van der Waals surface area contributed by atoms with Crippen LogP contribution in [-0.4, -0.2) is 19.8 Å². The summed E-state index contributed by atoms with van der Waals surface area (Å²) in [6.07, 6.45) is 0. The van der Waals surface area contributed by atoms with Crippen LogP contribution in [0, 0.1) is 24.0 Å². The first-order valence-corrected chi connectivity index (χ1v) is 9.15. The second-order valence-corrected chi connectivity index (χ2v) is 6.88. The van der Waals surface area contributed by atoms with E-state index in [0.717, 1.165) is 16.8 Å². The van der Waals surface area contributed by atoms with Gasteiger partial charge < -0.3 is 5.11 Å². The van der Waals surface area contributed by atoms with Crippen LogP contribution in [0.5, 0.6) is 5.75 Å². The molecule has 1 N–H and O–H groups in total. The third-order valence-corrected chi connectivity index (χ3v) is 4.84. The first-order chi connectivity index (χ1) is 14.0. The lowest BCUT2D eigenvalue weighted by atomic mass is 9.98. The van der Waals surface area contributed by atoms with Gasteiger partial charge in [0.1, 0.15) is 5.75 Å². The number of non-ortho nitro benzene ring substituents is 1. The van der Waals surface area contributed by atoms with Gasteiger partial charge in [-0.15, -0.1) is 0 Å². The third kappa shape index (κ3) is 3.36. The van der Waals surface area contributed by atoms with Crippen molar-refractivity contribution in [3.8, 4) is 33.8 Å². The normalized spacial score (nSPS) is 10.8. The quantitative estimate of drug-likeness (QED) is 0.375. The maximum atomic E-state index is 11.3. The van der Waals surface area contributed by atoms with E-state index in [9.17, 15) is 15.2 Å². The Labute approximate surface area is 167 Å². The molecule has 0 aliphatic heterocycles. The van der Waals surface area contributed by atoms with Gasteiger partial charge in [0.15, 0.2) is 0 Å². The molecule has 0 radical (unpaired) electrons. The summed E-state index contributed by atoms with van der Waals surface area (Å²) >= 11 is 0. The molecule has 1 aromatic heterocycles. The average molecular weight is 385 g/mol. The predicted molar refractivity (Wildman–Crippen MR) is 112 cm³/mol. The fourth-order valence-electron chi connectivity index (χ4n) is 3.44. The molecule has 6 nitrogen and oxygen atoms in total. The van der Waals surface area contributed by atoms with E-state index < -0.39 is 4.92 Å². The number of nitro benzene ring substituents is 1. The van der Waals surface area contributed by atoms with Crippen molar-refractivity contribution in [3.63, 3.8) is 0 Å². The topological polar surface area (TPSA) is 81.2 Å². The van der Waals surface area contributed by atoms with Crippen LogP contribution in [-0.2, 0) is 0 Å². The molecule has 0 aliphatic rings. The van der Waals surface area contributed by atoms with Gasteiger partial charge in [-0.2, -0.15) is 5.10 Å². The number of nitrogens with zero attached hydrogens (tertiary/aromatic N) is 3. The summed E-state index contributed by atoms with van der Waals surface area (Å²) in [5, 5.41) is 26.5. The molecule has 0 atom stereocenters. The molecule has 0 fully saturated rings. The van der Waals surface area contributed by atoms with Crippen LogP contribution in [0.1, 0.15) is 11.3 Å². The van der Waals surface area contributed by atoms with Gasteiger partial charge in [0.2, 0.25) is 0 Å². The standard InChI is InChI=1S/C23H19N3O3/c1-15-10-12-18(13-11-15)25-23(17-6-5-7-19(14-17)26(28)29)22(16(2)24-25)20-8-3-4-9-21(20)27/h3-14,27H,1-2H3. The Kier molecular flexibility index (Phi) is 4.60. The van der Waals surface area contributed by atoms with Crippen molar-refractivity contribution in [2.24, 2.45) is 0 Å². The van der Waals surface area contributed by atoms with Crippen molar-refractivity contribution in [3.05, 3.63) is 94.2 Å². The van der Waals surface area contributed by atoms with E-state index in [-0.39, 0.29) is 11.4 Å². The summed E-state index contributed by atoms with van der Waals surface area (Å²) in [6.45, 7) is 3.88. The zero-order valence-electron chi connectivity index (χ0n) is 16.0. The summed E-state index contributed by atoms with van der Waals surface area (Å²) < 4.78 is 1.77. The molecule has 0 saturated heterocycles. The number of phenolic OH excluding ortho intramolecular Hbond substituents is 1. The highest BCUT2D eigenvalue weighted by Crippen LogP contribution is 2.40. The first kappa shape index (κ1) is 18.4. The number of hydrogen-bond acceptors (Lipinski definition) is 4. The molecule has 0 aliphatic carbocycles. The fourth-order valence-corrected chi connectivity index (χ4v) is 3.44. The molecule has 4 rings (SSSR count).